The largest absolute Gasteiger partial charge is 0.743 e. The molecule has 1 heterocycles. The third-order valence-electron chi connectivity index (χ3n) is 3.65. The highest BCUT2D eigenvalue weighted by Gasteiger charge is 2.91. The van der Waals surface area contributed by atoms with E-state index >= 15 is 0 Å². The fourth-order valence-electron chi connectivity index (χ4n) is 1.76. The highest BCUT2D eigenvalue weighted by atomic mass is 32.2. The van der Waals surface area contributed by atoms with Gasteiger partial charge in [0.2, 0.25) is 0 Å². The summed E-state index contributed by atoms with van der Waals surface area (Å²) in [6.07, 6.45) is -8.37. The predicted octanol–water partition coefficient (Wildman–Crippen LogP) is 5.14. The molecule has 34 heavy (non-hydrogen) atoms. The maximum Gasteiger partial charge on any atom is 0.402 e. The van der Waals surface area contributed by atoms with Crippen LogP contribution in [0.25, 0.3) is 0 Å². The number of alkyl halides is 15. The predicted molar refractivity (Wildman–Crippen MR) is 77.7 cm³/mol. The molecule has 0 saturated carbocycles. The molecule has 0 bridgehead atoms. The quantitative estimate of drug-likeness (QED) is 0.328. The molecule has 1 aromatic rings. The summed E-state index contributed by atoms with van der Waals surface area (Å²) >= 11 is 0. The first-order valence-electron chi connectivity index (χ1n) is 7.91. The molecule has 0 spiro atoms. The molecule has 0 atom stereocenters. The Morgan fingerprint density at radius 1 is 0.588 bits per heavy atom. The molecule has 0 aliphatic rings. The van der Waals surface area contributed by atoms with Gasteiger partial charge in [-0.25, -0.2) is 13.4 Å². The van der Waals surface area contributed by atoms with Crippen molar-refractivity contribution in [2.24, 2.45) is 0 Å². The molecule has 0 saturated heterocycles. The van der Waals surface area contributed by atoms with Crippen molar-refractivity contribution in [3.05, 3.63) is 30.6 Å². The molecule has 0 aliphatic heterocycles. The Bertz CT molecular complexity index is 874. The number of H-pyrrole nitrogens is 1. The van der Waals surface area contributed by atoms with Crippen molar-refractivity contribution in [2.75, 3.05) is 0 Å². The molecule has 0 aromatic carbocycles. The first kappa shape index (κ1) is 32.0. The van der Waals surface area contributed by atoms with Crippen molar-refractivity contribution >= 4 is 10.1 Å². The van der Waals surface area contributed by atoms with Gasteiger partial charge in [0.15, 0.2) is 22.5 Å². The van der Waals surface area contributed by atoms with Crippen LogP contribution in [0.4, 0.5) is 65.9 Å². The number of pyridine rings is 1. The normalized spacial score (nSPS) is 14.9. The van der Waals surface area contributed by atoms with E-state index in [0.29, 0.717) is 0 Å². The van der Waals surface area contributed by atoms with Crippen molar-refractivity contribution in [1.29, 1.82) is 0 Å². The summed E-state index contributed by atoms with van der Waals surface area (Å²) in [5, 5.41) is -7.70. The summed E-state index contributed by atoms with van der Waals surface area (Å²) in [7, 11) is -7.94. The van der Waals surface area contributed by atoms with E-state index in [0.717, 1.165) is 0 Å². The fourth-order valence-corrected chi connectivity index (χ4v) is 2.20. The van der Waals surface area contributed by atoms with E-state index in [1.165, 1.54) is 0 Å². The number of halogens is 15. The lowest BCUT2D eigenvalue weighted by Gasteiger charge is -2.41. The number of hydrogen-bond donors (Lipinski definition) is 0. The average Bonchev–Trinajstić information content (AvgIpc) is 2.66. The Hall–Kier alpha value is -1.99. The topological polar surface area (TPSA) is 71.3 Å². The maximum atomic E-state index is 13.1. The van der Waals surface area contributed by atoms with Gasteiger partial charge < -0.3 is 4.55 Å². The van der Waals surface area contributed by atoms with Crippen LogP contribution in [-0.4, -0.2) is 54.0 Å². The SMILES string of the molecule is O=S(=O)([O-])C(F)(F)C(F)(F)C(F)(F)C(F)(F)C(F)(F)C(F)(F)CCC(F)(F)F.c1cc[nH+]cc1. The number of aromatic amines is 1. The van der Waals surface area contributed by atoms with Crippen LogP contribution in [0.3, 0.4) is 0 Å². The summed E-state index contributed by atoms with van der Waals surface area (Å²) in [4.78, 5) is 2.89. The van der Waals surface area contributed by atoms with Crippen LogP contribution in [0.5, 0.6) is 0 Å². The van der Waals surface area contributed by atoms with Gasteiger partial charge in [-0.1, -0.05) is 6.07 Å². The van der Waals surface area contributed by atoms with E-state index in [-0.39, 0.29) is 0 Å². The van der Waals surface area contributed by atoms with E-state index in [1.54, 1.807) is 0 Å². The fraction of sp³-hybridized carbons (Fsp3) is 0.643. The molecule has 1 N–H and O–H groups in total. The Labute approximate surface area is 179 Å². The van der Waals surface area contributed by atoms with Gasteiger partial charge >= 0.3 is 41.0 Å². The van der Waals surface area contributed by atoms with Crippen LogP contribution < -0.4 is 4.98 Å². The molecule has 200 valence electrons. The summed E-state index contributed by atoms with van der Waals surface area (Å²) in [6, 6.07) is 5.86. The second-order valence-corrected chi connectivity index (χ2v) is 7.59. The molecule has 0 unspecified atom stereocenters. The van der Waals surface area contributed by atoms with Gasteiger partial charge in [0, 0.05) is 25.0 Å². The zero-order valence-corrected chi connectivity index (χ0v) is 16.4. The van der Waals surface area contributed by atoms with E-state index in [4.69, 9.17) is 0 Å². The molecule has 20 heteroatoms. The van der Waals surface area contributed by atoms with Crippen molar-refractivity contribution in [3.8, 4) is 0 Å². The lowest BCUT2D eigenvalue weighted by molar-refractivity contribution is -0.418. The molecule has 4 nitrogen and oxygen atoms in total. The third kappa shape index (κ3) is 5.98. The first-order chi connectivity index (χ1) is 14.7. The van der Waals surface area contributed by atoms with Crippen LogP contribution in [0, 0.1) is 0 Å². The number of aromatic nitrogens is 1. The Morgan fingerprint density at radius 3 is 1.24 bits per heavy atom. The lowest BCUT2D eigenvalue weighted by Crippen LogP contribution is -2.71. The van der Waals surface area contributed by atoms with Gasteiger partial charge in [0.1, 0.15) is 0 Å². The molecule has 0 amide bonds. The minimum Gasteiger partial charge on any atom is -0.743 e. The van der Waals surface area contributed by atoms with E-state index in [2.05, 4.69) is 4.98 Å². The van der Waals surface area contributed by atoms with Gasteiger partial charge in [0.25, 0.3) is 0 Å². The van der Waals surface area contributed by atoms with E-state index < -0.39 is 64.0 Å². The highest BCUT2D eigenvalue weighted by molar-refractivity contribution is 7.86. The Balaban J connectivity index is 0.00000156. The Kier molecular flexibility index (Phi) is 9.01. The molecular formula is C14H10F15NO3S. The third-order valence-corrected chi connectivity index (χ3v) is 4.54. The van der Waals surface area contributed by atoms with Crippen molar-refractivity contribution in [3.63, 3.8) is 0 Å². The average molecular weight is 557 g/mol. The molecule has 0 aliphatic carbocycles. The van der Waals surface area contributed by atoms with Crippen LogP contribution in [0.2, 0.25) is 0 Å². The first-order valence-corrected chi connectivity index (χ1v) is 9.31. The zero-order valence-electron chi connectivity index (χ0n) is 15.6. The van der Waals surface area contributed by atoms with Crippen LogP contribution in [-0.2, 0) is 10.1 Å². The van der Waals surface area contributed by atoms with Gasteiger partial charge in [-0.2, -0.15) is 65.9 Å². The molecule has 1 aromatic heterocycles. The highest BCUT2D eigenvalue weighted by Crippen LogP contribution is 2.61. The van der Waals surface area contributed by atoms with Crippen molar-refractivity contribution < 1.29 is 83.8 Å². The minimum absolute atomic E-state index is 1.88. The summed E-state index contributed by atoms with van der Waals surface area (Å²) < 4.78 is 221. The summed E-state index contributed by atoms with van der Waals surface area (Å²) in [5.74, 6) is -39.5. The zero-order chi connectivity index (χ0) is 27.7. The molecular weight excluding hydrogens is 547 g/mol. The standard InChI is InChI=1S/C9H5F15O3S.C5H5N/c10-3(11,1-2-4(12,13)14)5(15,16)6(17,18)7(19,20)8(21,22)9(23,24)28(25,26)27;1-2-4-6-5-3-1/h1-2H2,(H,25,26,27);1-5H. The second kappa shape index (κ2) is 9.57. The summed E-state index contributed by atoms with van der Waals surface area (Å²) in [6.45, 7) is 0. The van der Waals surface area contributed by atoms with E-state index in [9.17, 15) is 78.8 Å². The molecule has 0 radical (unpaired) electrons. The smallest absolute Gasteiger partial charge is 0.402 e. The van der Waals surface area contributed by atoms with Crippen molar-refractivity contribution in [1.82, 2.24) is 0 Å². The van der Waals surface area contributed by atoms with Gasteiger partial charge in [-0.15, -0.1) is 0 Å². The second-order valence-electron chi connectivity index (χ2n) is 6.17. The monoisotopic (exact) mass is 557 g/mol. The van der Waals surface area contributed by atoms with Gasteiger partial charge in [-0.05, 0) is 0 Å². The number of nitrogens with one attached hydrogen (secondary N) is 1. The van der Waals surface area contributed by atoms with Crippen LogP contribution in [0.1, 0.15) is 12.8 Å². The van der Waals surface area contributed by atoms with Gasteiger partial charge in [-0.3, -0.25) is 0 Å². The van der Waals surface area contributed by atoms with E-state index in [1.807, 2.05) is 30.6 Å². The van der Waals surface area contributed by atoms with Crippen molar-refractivity contribution in [2.45, 2.75) is 53.9 Å². The minimum atomic E-state index is -8.36. The Morgan fingerprint density at radius 2 is 0.971 bits per heavy atom. The maximum absolute atomic E-state index is 13.1. The number of hydrogen-bond acceptors (Lipinski definition) is 3. The summed E-state index contributed by atoms with van der Waals surface area (Å²) in [5.41, 5.74) is 0. The molecule has 1 rings (SSSR count). The van der Waals surface area contributed by atoms with Crippen LogP contribution in [0.15, 0.2) is 30.6 Å². The lowest BCUT2D eigenvalue weighted by atomic mass is 9.92. The van der Waals surface area contributed by atoms with Crippen LogP contribution >= 0.6 is 0 Å². The van der Waals surface area contributed by atoms with Gasteiger partial charge in [0.05, 0.1) is 0 Å². The molecule has 0 fully saturated rings. The number of rotatable bonds is 8.